The van der Waals surface area contributed by atoms with Gasteiger partial charge in [0.2, 0.25) is 5.95 Å². The Bertz CT molecular complexity index is 1150. The maximum atomic E-state index is 11.1. The van der Waals surface area contributed by atoms with Gasteiger partial charge in [0.25, 0.3) is 0 Å². The zero-order chi connectivity index (χ0) is 22.6. The van der Waals surface area contributed by atoms with Crippen LogP contribution in [0.1, 0.15) is 32.1 Å². The molecule has 8 nitrogen and oxygen atoms in total. The lowest BCUT2D eigenvalue weighted by atomic mass is 9.96. The number of anilines is 2. The highest BCUT2D eigenvalue weighted by molar-refractivity contribution is 5.94. The van der Waals surface area contributed by atoms with Gasteiger partial charge in [-0.2, -0.15) is 10.2 Å². The largest absolute Gasteiger partial charge is 0.368 e. The Kier molecular flexibility index (Phi) is 6.22. The second-order valence-corrected chi connectivity index (χ2v) is 8.85. The standard InChI is InChI=1S/C25H29N7O/c26-17-20(18-33)30-13-15-31(16-14-30)22-7-4-8-23-21(22)10-12-32(23)24-9-11-27-25(29-24)28-19-5-2-1-3-6-19/h4,7-12,18-20H,1-3,5-6,13-16H2,(H,27,28,29). The average molecular weight is 444 g/mol. The van der Waals surface area contributed by atoms with Crippen molar-refractivity contribution < 1.29 is 4.79 Å². The quantitative estimate of drug-likeness (QED) is 0.584. The van der Waals surface area contributed by atoms with Crippen LogP contribution in [0.5, 0.6) is 0 Å². The number of aldehydes is 1. The predicted octanol–water partition coefficient (Wildman–Crippen LogP) is 3.38. The number of fused-ring (bicyclic) bond motifs is 1. The minimum absolute atomic E-state index is 0.459. The Labute approximate surface area is 193 Å². The molecular formula is C25H29N7O. The molecule has 3 aromatic rings. The highest BCUT2D eigenvalue weighted by Crippen LogP contribution is 2.30. The van der Waals surface area contributed by atoms with Gasteiger partial charge in [-0.3, -0.25) is 4.90 Å². The first kappa shape index (κ1) is 21.4. The smallest absolute Gasteiger partial charge is 0.224 e. The highest BCUT2D eigenvalue weighted by Gasteiger charge is 2.24. The van der Waals surface area contributed by atoms with Crippen LogP contribution in [-0.2, 0) is 4.79 Å². The Morgan fingerprint density at radius 3 is 2.67 bits per heavy atom. The van der Waals surface area contributed by atoms with Crippen LogP contribution in [-0.4, -0.2) is 64.0 Å². The van der Waals surface area contributed by atoms with Gasteiger partial charge in [-0.25, -0.2) is 4.98 Å². The number of nitriles is 1. The fourth-order valence-corrected chi connectivity index (χ4v) is 5.05. The zero-order valence-corrected chi connectivity index (χ0v) is 18.7. The molecular weight excluding hydrogens is 414 g/mol. The van der Waals surface area contributed by atoms with Crippen LogP contribution in [0.3, 0.4) is 0 Å². The van der Waals surface area contributed by atoms with Gasteiger partial charge in [0.15, 0.2) is 12.3 Å². The molecule has 0 spiro atoms. The van der Waals surface area contributed by atoms with Crippen molar-refractivity contribution in [2.45, 2.75) is 44.2 Å². The molecule has 0 bridgehead atoms. The van der Waals surface area contributed by atoms with Crippen molar-refractivity contribution in [1.82, 2.24) is 19.4 Å². The maximum Gasteiger partial charge on any atom is 0.224 e. The molecule has 1 aromatic carbocycles. The molecule has 2 fully saturated rings. The number of nitrogens with zero attached hydrogens (tertiary/aromatic N) is 6. The normalized spacial score (nSPS) is 18.7. The summed E-state index contributed by atoms with van der Waals surface area (Å²) in [6.07, 6.45) is 10.8. The summed E-state index contributed by atoms with van der Waals surface area (Å²) in [5, 5.41) is 13.9. The number of nitrogens with one attached hydrogen (secondary N) is 1. The molecule has 0 radical (unpaired) electrons. The monoisotopic (exact) mass is 443 g/mol. The SMILES string of the molecule is N#CC(C=O)N1CCN(c2cccc3c2ccn3-c2ccnc(NC3CCCCC3)n2)CC1. The third-order valence-electron chi connectivity index (χ3n) is 6.85. The van der Waals surface area contributed by atoms with Crippen LogP contribution in [0.15, 0.2) is 42.7 Å². The molecule has 2 aliphatic rings. The van der Waals surface area contributed by atoms with Crippen molar-refractivity contribution in [2.75, 3.05) is 36.4 Å². The van der Waals surface area contributed by atoms with Gasteiger partial charge in [-0.05, 0) is 37.1 Å². The Morgan fingerprint density at radius 1 is 1.09 bits per heavy atom. The van der Waals surface area contributed by atoms with E-state index in [4.69, 9.17) is 4.98 Å². The summed E-state index contributed by atoms with van der Waals surface area (Å²) in [4.78, 5) is 24.7. The van der Waals surface area contributed by atoms with Crippen molar-refractivity contribution in [1.29, 1.82) is 5.26 Å². The second kappa shape index (κ2) is 9.59. The van der Waals surface area contributed by atoms with Gasteiger partial charge < -0.3 is 19.6 Å². The molecule has 1 saturated carbocycles. The highest BCUT2D eigenvalue weighted by atomic mass is 16.1. The van der Waals surface area contributed by atoms with Crippen LogP contribution >= 0.6 is 0 Å². The summed E-state index contributed by atoms with van der Waals surface area (Å²) in [6, 6.07) is 12.3. The number of carbonyl (C=O) groups excluding carboxylic acids is 1. The predicted molar refractivity (Wildman–Crippen MR) is 129 cm³/mol. The molecule has 33 heavy (non-hydrogen) atoms. The summed E-state index contributed by atoms with van der Waals surface area (Å²) in [7, 11) is 0. The summed E-state index contributed by atoms with van der Waals surface area (Å²) >= 11 is 0. The van der Waals surface area contributed by atoms with Crippen LogP contribution in [0.2, 0.25) is 0 Å². The van der Waals surface area contributed by atoms with E-state index in [0.29, 0.717) is 25.1 Å². The van der Waals surface area contributed by atoms with Crippen molar-refractivity contribution in [3.05, 3.63) is 42.7 Å². The molecule has 2 aromatic heterocycles. The summed E-state index contributed by atoms with van der Waals surface area (Å²) in [5.74, 6) is 1.54. The number of benzene rings is 1. The Morgan fingerprint density at radius 2 is 1.91 bits per heavy atom. The van der Waals surface area contributed by atoms with E-state index >= 15 is 0 Å². The van der Waals surface area contributed by atoms with E-state index in [1.807, 2.05) is 17.2 Å². The van der Waals surface area contributed by atoms with E-state index in [2.05, 4.69) is 56.3 Å². The van der Waals surface area contributed by atoms with Gasteiger partial charge in [-0.15, -0.1) is 0 Å². The summed E-state index contributed by atoms with van der Waals surface area (Å²) in [6.45, 7) is 2.94. The average Bonchev–Trinajstić information content (AvgIpc) is 3.31. The number of aromatic nitrogens is 3. The first-order valence-electron chi connectivity index (χ1n) is 11.8. The minimum atomic E-state index is -0.654. The number of hydrogen-bond donors (Lipinski definition) is 1. The van der Waals surface area contributed by atoms with E-state index in [1.165, 1.54) is 43.2 Å². The molecule has 1 atom stereocenters. The molecule has 0 amide bonds. The van der Waals surface area contributed by atoms with Crippen LogP contribution in [0.25, 0.3) is 16.7 Å². The first-order chi connectivity index (χ1) is 16.3. The number of carbonyl (C=O) groups is 1. The molecule has 1 N–H and O–H groups in total. The third kappa shape index (κ3) is 4.41. The first-order valence-corrected chi connectivity index (χ1v) is 11.8. The number of hydrogen-bond acceptors (Lipinski definition) is 7. The molecule has 5 rings (SSSR count). The summed E-state index contributed by atoms with van der Waals surface area (Å²) < 4.78 is 2.11. The van der Waals surface area contributed by atoms with Crippen molar-refractivity contribution in [2.24, 2.45) is 0 Å². The minimum Gasteiger partial charge on any atom is -0.368 e. The second-order valence-electron chi connectivity index (χ2n) is 8.85. The van der Waals surface area contributed by atoms with Crippen molar-refractivity contribution in [3.63, 3.8) is 0 Å². The molecule has 1 aliphatic carbocycles. The van der Waals surface area contributed by atoms with Gasteiger partial charge in [-0.1, -0.05) is 25.3 Å². The Hall–Kier alpha value is -3.44. The maximum absolute atomic E-state index is 11.1. The van der Waals surface area contributed by atoms with Crippen LogP contribution < -0.4 is 10.2 Å². The van der Waals surface area contributed by atoms with Gasteiger partial charge >= 0.3 is 0 Å². The summed E-state index contributed by atoms with van der Waals surface area (Å²) in [5.41, 5.74) is 2.26. The van der Waals surface area contributed by atoms with Gasteiger partial charge in [0.1, 0.15) is 5.82 Å². The molecule has 1 unspecified atom stereocenters. The van der Waals surface area contributed by atoms with Crippen molar-refractivity contribution in [3.8, 4) is 11.9 Å². The van der Waals surface area contributed by atoms with Crippen molar-refractivity contribution >= 4 is 28.8 Å². The zero-order valence-electron chi connectivity index (χ0n) is 18.7. The molecule has 1 aliphatic heterocycles. The number of piperazine rings is 1. The van der Waals surface area contributed by atoms with Crippen LogP contribution in [0.4, 0.5) is 11.6 Å². The topological polar surface area (TPSA) is 90.1 Å². The van der Waals surface area contributed by atoms with E-state index in [9.17, 15) is 10.1 Å². The Balaban J connectivity index is 1.37. The van der Waals surface area contributed by atoms with E-state index in [-0.39, 0.29) is 0 Å². The van der Waals surface area contributed by atoms with E-state index < -0.39 is 6.04 Å². The molecule has 170 valence electrons. The molecule has 8 heteroatoms. The molecule has 3 heterocycles. The third-order valence-corrected chi connectivity index (χ3v) is 6.85. The molecule has 1 saturated heterocycles. The lowest BCUT2D eigenvalue weighted by Gasteiger charge is -2.37. The lowest BCUT2D eigenvalue weighted by Crippen LogP contribution is -2.50. The fourth-order valence-electron chi connectivity index (χ4n) is 5.05. The number of rotatable bonds is 6. The van der Waals surface area contributed by atoms with E-state index in [0.717, 1.165) is 30.7 Å². The van der Waals surface area contributed by atoms with Gasteiger partial charge in [0.05, 0.1) is 11.6 Å². The van der Waals surface area contributed by atoms with E-state index in [1.54, 1.807) is 0 Å². The fraction of sp³-hybridized carbons (Fsp3) is 0.440. The van der Waals surface area contributed by atoms with Gasteiger partial charge in [0, 0.05) is 55.7 Å². The lowest BCUT2D eigenvalue weighted by molar-refractivity contribution is -0.110. The van der Waals surface area contributed by atoms with Crippen LogP contribution in [0, 0.1) is 11.3 Å².